The number of hydrogen-bond donors (Lipinski definition) is 1. The molecule has 0 atom stereocenters. The van der Waals surface area contributed by atoms with Gasteiger partial charge in [-0.25, -0.2) is 4.79 Å². The van der Waals surface area contributed by atoms with Gasteiger partial charge in [0.1, 0.15) is 6.61 Å². The van der Waals surface area contributed by atoms with E-state index in [0.717, 1.165) is 5.56 Å². The van der Waals surface area contributed by atoms with Crippen LogP contribution < -0.4 is 10.2 Å². The van der Waals surface area contributed by atoms with Gasteiger partial charge in [0.05, 0.1) is 17.9 Å². The van der Waals surface area contributed by atoms with Crippen LogP contribution in [0.15, 0.2) is 48.5 Å². The van der Waals surface area contributed by atoms with Gasteiger partial charge in [-0.2, -0.15) is 0 Å². The number of aryl methyl sites for hydroxylation is 1. The van der Waals surface area contributed by atoms with E-state index in [1.807, 2.05) is 18.2 Å². The van der Waals surface area contributed by atoms with Gasteiger partial charge in [-0.1, -0.05) is 57.2 Å². The van der Waals surface area contributed by atoms with Gasteiger partial charge in [0.15, 0.2) is 0 Å². The van der Waals surface area contributed by atoms with Crippen molar-refractivity contribution in [3.05, 3.63) is 59.7 Å². The minimum Gasteiger partial charge on any atom is -0.447 e. The molecule has 27 heavy (non-hydrogen) atoms. The Morgan fingerprint density at radius 1 is 1.11 bits per heavy atom. The molecule has 1 aliphatic rings. The third kappa shape index (κ3) is 4.67. The maximum absolute atomic E-state index is 12.4. The van der Waals surface area contributed by atoms with Crippen LogP contribution in [0.25, 0.3) is 0 Å². The van der Waals surface area contributed by atoms with E-state index in [4.69, 9.17) is 4.74 Å². The summed E-state index contributed by atoms with van der Waals surface area (Å²) in [5.74, 6) is -0.0742. The number of benzene rings is 2. The van der Waals surface area contributed by atoms with Gasteiger partial charge in [0.2, 0.25) is 5.91 Å². The monoisotopic (exact) mass is 366 g/mol. The highest BCUT2D eigenvalue weighted by atomic mass is 16.6. The van der Waals surface area contributed by atoms with E-state index in [1.165, 1.54) is 5.56 Å². The molecule has 142 valence electrons. The van der Waals surface area contributed by atoms with Crippen molar-refractivity contribution in [1.82, 2.24) is 0 Å². The average molecular weight is 366 g/mol. The Labute approximate surface area is 160 Å². The SMILES string of the molecule is CC(C)(C)c1ccc(CCC(=O)Nc2ccccc2N2CCOC2=O)cc1. The van der Waals surface area contributed by atoms with Gasteiger partial charge >= 0.3 is 6.09 Å². The molecule has 1 aliphatic heterocycles. The second kappa shape index (κ2) is 7.82. The molecule has 0 unspecified atom stereocenters. The fourth-order valence-corrected chi connectivity index (χ4v) is 3.07. The number of cyclic esters (lactones) is 1. The van der Waals surface area contributed by atoms with E-state index < -0.39 is 0 Å². The first-order valence-electron chi connectivity index (χ1n) is 9.27. The predicted molar refractivity (Wildman–Crippen MR) is 107 cm³/mol. The summed E-state index contributed by atoms with van der Waals surface area (Å²) in [5.41, 5.74) is 3.83. The summed E-state index contributed by atoms with van der Waals surface area (Å²) >= 11 is 0. The number of hydrogen-bond acceptors (Lipinski definition) is 3. The lowest BCUT2D eigenvalue weighted by Gasteiger charge is -2.19. The number of para-hydroxylation sites is 2. The summed E-state index contributed by atoms with van der Waals surface area (Å²) in [6, 6.07) is 15.7. The van der Waals surface area contributed by atoms with Crippen molar-refractivity contribution in [3.8, 4) is 0 Å². The molecule has 0 saturated carbocycles. The number of ether oxygens (including phenoxy) is 1. The zero-order valence-corrected chi connectivity index (χ0v) is 16.1. The van der Waals surface area contributed by atoms with Crippen LogP contribution in [0, 0.1) is 0 Å². The molecule has 5 heteroatoms. The summed E-state index contributed by atoms with van der Waals surface area (Å²) in [4.78, 5) is 25.8. The molecule has 5 nitrogen and oxygen atoms in total. The molecule has 0 spiro atoms. The first-order valence-corrected chi connectivity index (χ1v) is 9.27. The second-order valence-electron chi connectivity index (χ2n) is 7.78. The summed E-state index contributed by atoms with van der Waals surface area (Å²) in [6.45, 7) is 7.41. The number of anilines is 2. The van der Waals surface area contributed by atoms with E-state index in [9.17, 15) is 9.59 Å². The lowest BCUT2D eigenvalue weighted by atomic mass is 9.86. The van der Waals surface area contributed by atoms with Crippen molar-refractivity contribution in [2.24, 2.45) is 0 Å². The van der Waals surface area contributed by atoms with Crippen LogP contribution in [-0.4, -0.2) is 25.2 Å². The fourth-order valence-electron chi connectivity index (χ4n) is 3.07. The minimum atomic E-state index is -0.379. The summed E-state index contributed by atoms with van der Waals surface area (Å²) in [5, 5.41) is 2.93. The zero-order valence-electron chi connectivity index (χ0n) is 16.1. The molecule has 2 aromatic rings. The van der Waals surface area contributed by atoms with Crippen molar-refractivity contribution in [2.45, 2.75) is 39.0 Å². The molecule has 0 aliphatic carbocycles. The molecule has 2 amide bonds. The topological polar surface area (TPSA) is 58.6 Å². The second-order valence-corrected chi connectivity index (χ2v) is 7.78. The van der Waals surface area contributed by atoms with E-state index >= 15 is 0 Å². The third-order valence-electron chi connectivity index (χ3n) is 4.69. The van der Waals surface area contributed by atoms with Crippen molar-refractivity contribution < 1.29 is 14.3 Å². The fraction of sp³-hybridized carbons (Fsp3) is 0.364. The van der Waals surface area contributed by atoms with Gasteiger partial charge in [-0.05, 0) is 35.1 Å². The Bertz CT molecular complexity index is 822. The van der Waals surface area contributed by atoms with Gasteiger partial charge in [0, 0.05) is 6.42 Å². The standard InChI is InChI=1S/C22H26N2O3/c1-22(2,3)17-11-8-16(9-12-17)10-13-20(25)23-18-6-4-5-7-19(18)24-14-15-27-21(24)26/h4-9,11-12H,10,13-15H2,1-3H3,(H,23,25). The predicted octanol–water partition coefficient (Wildman–Crippen LogP) is 4.51. The van der Waals surface area contributed by atoms with Crippen molar-refractivity contribution in [2.75, 3.05) is 23.4 Å². The first kappa shape index (κ1) is 19.0. The summed E-state index contributed by atoms with van der Waals surface area (Å²) in [6.07, 6.45) is 0.674. The number of nitrogens with one attached hydrogen (secondary N) is 1. The molecule has 1 heterocycles. The highest BCUT2D eigenvalue weighted by Gasteiger charge is 2.25. The highest BCUT2D eigenvalue weighted by molar-refractivity contribution is 5.99. The van der Waals surface area contributed by atoms with E-state index in [1.54, 1.807) is 11.0 Å². The van der Waals surface area contributed by atoms with Crippen molar-refractivity contribution in [3.63, 3.8) is 0 Å². The molecule has 0 bridgehead atoms. The van der Waals surface area contributed by atoms with E-state index in [-0.39, 0.29) is 17.4 Å². The highest BCUT2D eigenvalue weighted by Crippen LogP contribution is 2.28. The Kier molecular flexibility index (Phi) is 5.49. The lowest BCUT2D eigenvalue weighted by Crippen LogP contribution is -2.25. The Hall–Kier alpha value is -2.82. The van der Waals surface area contributed by atoms with Crippen LogP contribution in [0.4, 0.5) is 16.2 Å². The van der Waals surface area contributed by atoms with E-state index in [0.29, 0.717) is 37.4 Å². The maximum atomic E-state index is 12.4. The first-order chi connectivity index (χ1) is 12.8. The van der Waals surface area contributed by atoms with Crippen LogP contribution >= 0.6 is 0 Å². The summed E-state index contributed by atoms with van der Waals surface area (Å²) in [7, 11) is 0. The van der Waals surface area contributed by atoms with Gasteiger partial charge in [-0.15, -0.1) is 0 Å². The normalized spacial score (nSPS) is 14.2. The molecule has 1 N–H and O–H groups in total. The van der Waals surface area contributed by atoms with Gasteiger partial charge in [0.25, 0.3) is 0 Å². The molecule has 0 aromatic heterocycles. The lowest BCUT2D eigenvalue weighted by molar-refractivity contribution is -0.116. The smallest absolute Gasteiger partial charge is 0.414 e. The third-order valence-corrected chi connectivity index (χ3v) is 4.69. The maximum Gasteiger partial charge on any atom is 0.414 e. The van der Waals surface area contributed by atoms with Crippen LogP contribution in [0.2, 0.25) is 0 Å². The van der Waals surface area contributed by atoms with Crippen LogP contribution in [0.3, 0.4) is 0 Å². The number of carbonyl (C=O) groups excluding carboxylic acids is 2. The quantitative estimate of drug-likeness (QED) is 0.847. The zero-order chi connectivity index (χ0) is 19.4. The average Bonchev–Trinajstić information content (AvgIpc) is 3.06. The Morgan fingerprint density at radius 3 is 2.44 bits per heavy atom. The molecule has 1 fully saturated rings. The van der Waals surface area contributed by atoms with Crippen LogP contribution in [-0.2, 0) is 21.4 Å². The molecule has 1 saturated heterocycles. The molecule has 0 radical (unpaired) electrons. The molecule has 3 rings (SSSR count). The van der Waals surface area contributed by atoms with Crippen molar-refractivity contribution >= 4 is 23.4 Å². The van der Waals surface area contributed by atoms with Crippen LogP contribution in [0.5, 0.6) is 0 Å². The number of carbonyl (C=O) groups is 2. The number of nitrogens with zero attached hydrogens (tertiary/aromatic N) is 1. The number of amides is 2. The molecule has 2 aromatic carbocycles. The number of rotatable bonds is 5. The largest absolute Gasteiger partial charge is 0.447 e. The molecular weight excluding hydrogens is 340 g/mol. The summed E-state index contributed by atoms with van der Waals surface area (Å²) < 4.78 is 4.99. The van der Waals surface area contributed by atoms with Gasteiger partial charge in [-0.3, -0.25) is 9.69 Å². The van der Waals surface area contributed by atoms with Gasteiger partial charge < -0.3 is 10.1 Å². The Balaban J connectivity index is 1.61. The van der Waals surface area contributed by atoms with Crippen molar-refractivity contribution in [1.29, 1.82) is 0 Å². The van der Waals surface area contributed by atoms with Crippen LogP contribution in [0.1, 0.15) is 38.3 Å². The van der Waals surface area contributed by atoms with E-state index in [2.05, 4.69) is 50.4 Å². The Morgan fingerprint density at radius 2 is 1.81 bits per heavy atom. The minimum absolute atomic E-state index is 0.0742. The molecular formula is C22H26N2O3.